The minimum atomic E-state index is -4.36. The summed E-state index contributed by atoms with van der Waals surface area (Å²) in [6, 6.07) is 7.67. The maximum absolute atomic E-state index is 13.6. The lowest BCUT2D eigenvalue weighted by molar-refractivity contribution is 0.398. The highest BCUT2D eigenvalue weighted by Crippen LogP contribution is 2.25. The van der Waals surface area contributed by atoms with Crippen molar-refractivity contribution in [3.63, 3.8) is 0 Å². The Morgan fingerprint density at radius 1 is 1.04 bits per heavy atom. The molecule has 0 heterocycles. The second-order valence-electron chi connectivity index (χ2n) is 4.55. The standard InChI is InChI=1S/C15H15F2NO4S/c1-21-11-6-7-14(22-2)10(8-11)9-18-23(19,20)15-12(16)4-3-5-13(15)17/h3-8,18H,9H2,1-2H3. The molecule has 0 atom stereocenters. The topological polar surface area (TPSA) is 64.6 Å². The molecule has 0 aliphatic heterocycles. The van der Waals surface area contributed by atoms with Crippen LogP contribution in [-0.4, -0.2) is 22.6 Å². The van der Waals surface area contributed by atoms with Gasteiger partial charge < -0.3 is 9.47 Å². The third kappa shape index (κ3) is 3.77. The van der Waals surface area contributed by atoms with E-state index in [2.05, 4.69) is 4.72 Å². The molecule has 2 aromatic carbocycles. The number of hydrogen-bond acceptors (Lipinski definition) is 4. The van der Waals surface area contributed by atoms with Crippen molar-refractivity contribution < 1.29 is 26.7 Å². The van der Waals surface area contributed by atoms with E-state index < -0.39 is 26.6 Å². The van der Waals surface area contributed by atoms with Crippen molar-refractivity contribution in [2.24, 2.45) is 0 Å². The van der Waals surface area contributed by atoms with E-state index in [1.807, 2.05) is 0 Å². The first kappa shape index (κ1) is 17.2. The number of methoxy groups -OCH3 is 2. The van der Waals surface area contributed by atoms with Crippen LogP contribution >= 0.6 is 0 Å². The lowest BCUT2D eigenvalue weighted by Gasteiger charge is -2.12. The Labute approximate surface area is 132 Å². The number of benzene rings is 2. The number of rotatable bonds is 6. The minimum absolute atomic E-state index is 0.212. The van der Waals surface area contributed by atoms with Crippen LogP contribution in [0.25, 0.3) is 0 Å². The van der Waals surface area contributed by atoms with Crippen LogP contribution in [0, 0.1) is 11.6 Å². The van der Waals surface area contributed by atoms with Crippen LogP contribution < -0.4 is 14.2 Å². The smallest absolute Gasteiger partial charge is 0.246 e. The molecule has 124 valence electrons. The predicted octanol–water partition coefficient (Wildman–Crippen LogP) is 2.46. The molecule has 2 rings (SSSR count). The molecule has 5 nitrogen and oxygen atoms in total. The molecule has 0 unspecified atom stereocenters. The summed E-state index contributed by atoms with van der Waals surface area (Å²) >= 11 is 0. The number of ether oxygens (including phenoxy) is 2. The first-order valence-electron chi connectivity index (χ1n) is 6.53. The zero-order chi connectivity index (χ0) is 17.0. The van der Waals surface area contributed by atoms with Gasteiger partial charge in [-0.3, -0.25) is 0 Å². The molecule has 23 heavy (non-hydrogen) atoms. The molecule has 0 spiro atoms. The van der Waals surface area contributed by atoms with Crippen LogP contribution in [0.2, 0.25) is 0 Å². The lowest BCUT2D eigenvalue weighted by Crippen LogP contribution is -2.25. The second kappa shape index (κ2) is 6.93. The summed E-state index contributed by atoms with van der Waals surface area (Å²) in [7, 11) is -1.47. The summed E-state index contributed by atoms with van der Waals surface area (Å²) in [6.45, 7) is -0.212. The first-order valence-corrected chi connectivity index (χ1v) is 8.02. The molecule has 0 aliphatic carbocycles. The van der Waals surface area contributed by atoms with Gasteiger partial charge in [0.2, 0.25) is 10.0 Å². The molecule has 0 saturated heterocycles. The second-order valence-corrected chi connectivity index (χ2v) is 6.26. The van der Waals surface area contributed by atoms with E-state index in [1.54, 1.807) is 18.2 Å². The number of hydrogen-bond donors (Lipinski definition) is 1. The van der Waals surface area contributed by atoms with Gasteiger partial charge in [-0.15, -0.1) is 0 Å². The van der Waals surface area contributed by atoms with Gasteiger partial charge in [-0.25, -0.2) is 21.9 Å². The van der Waals surface area contributed by atoms with E-state index in [0.29, 0.717) is 17.1 Å². The van der Waals surface area contributed by atoms with E-state index >= 15 is 0 Å². The quantitative estimate of drug-likeness (QED) is 0.875. The van der Waals surface area contributed by atoms with Crippen molar-refractivity contribution in [1.29, 1.82) is 0 Å². The SMILES string of the molecule is COc1ccc(OC)c(CNS(=O)(=O)c2c(F)cccc2F)c1. The molecule has 0 aromatic heterocycles. The fraction of sp³-hybridized carbons (Fsp3) is 0.200. The van der Waals surface area contributed by atoms with E-state index in [4.69, 9.17) is 9.47 Å². The van der Waals surface area contributed by atoms with Gasteiger partial charge in [0.05, 0.1) is 14.2 Å². The minimum Gasteiger partial charge on any atom is -0.497 e. The summed E-state index contributed by atoms with van der Waals surface area (Å²) in [5.74, 6) is -1.40. The predicted molar refractivity (Wildman–Crippen MR) is 79.9 cm³/mol. The van der Waals surface area contributed by atoms with Crippen molar-refractivity contribution in [2.45, 2.75) is 11.4 Å². The highest BCUT2D eigenvalue weighted by molar-refractivity contribution is 7.89. The average Bonchev–Trinajstić information content (AvgIpc) is 2.52. The maximum Gasteiger partial charge on any atom is 0.246 e. The van der Waals surface area contributed by atoms with Gasteiger partial charge in [0, 0.05) is 12.1 Å². The van der Waals surface area contributed by atoms with E-state index in [-0.39, 0.29) is 6.54 Å². The Balaban J connectivity index is 2.30. The fourth-order valence-corrected chi connectivity index (χ4v) is 3.14. The average molecular weight is 343 g/mol. The molecule has 0 saturated carbocycles. The third-order valence-electron chi connectivity index (χ3n) is 3.13. The highest BCUT2D eigenvalue weighted by atomic mass is 32.2. The van der Waals surface area contributed by atoms with Crippen LogP contribution in [0.15, 0.2) is 41.3 Å². The number of halogens is 2. The Bertz CT molecular complexity index is 789. The molecule has 0 amide bonds. The van der Waals surface area contributed by atoms with Gasteiger partial charge in [-0.2, -0.15) is 0 Å². The van der Waals surface area contributed by atoms with Gasteiger partial charge in [0.15, 0.2) is 4.90 Å². The maximum atomic E-state index is 13.6. The van der Waals surface area contributed by atoms with Crippen LogP contribution in [0.5, 0.6) is 11.5 Å². The molecule has 1 N–H and O–H groups in total. The van der Waals surface area contributed by atoms with E-state index in [1.165, 1.54) is 14.2 Å². The van der Waals surface area contributed by atoms with E-state index in [0.717, 1.165) is 18.2 Å². The van der Waals surface area contributed by atoms with Gasteiger partial charge in [0.25, 0.3) is 0 Å². The van der Waals surface area contributed by atoms with Crippen molar-refractivity contribution in [3.05, 3.63) is 53.6 Å². The van der Waals surface area contributed by atoms with Gasteiger partial charge >= 0.3 is 0 Å². The summed E-state index contributed by atoms with van der Waals surface area (Å²) in [5.41, 5.74) is 0.465. The first-order chi connectivity index (χ1) is 10.9. The van der Waals surface area contributed by atoms with E-state index in [9.17, 15) is 17.2 Å². The van der Waals surface area contributed by atoms with Gasteiger partial charge in [-0.1, -0.05) is 6.07 Å². The van der Waals surface area contributed by atoms with Gasteiger partial charge in [-0.05, 0) is 30.3 Å². The molecule has 2 aromatic rings. The number of nitrogens with one attached hydrogen (secondary N) is 1. The summed E-state index contributed by atoms with van der Waals surface area (Å²) < 4.78 is 63.9. The molecule has 0 fully saturated rings. The normalized spacial score (nSPS) is 11.3. The van der Waals surface area contributed by atoms with Crippen LogP contribution in [-0.2, 0) is 16.6 Å². The molecule has 8 heteroatoms. The molecular weight excluding hydrogens is 328 g/mol. The zero-order valence-electron chi connectivity index (χ0n) is 12.5. The summed E-state index contributed by atoms with van der Waals surface area (Å²) in [6.07, 6.45) is 0. The molecular formula is C15H15F2NO4S. The Morgan fingerprint density at radius 2 is 1.70 bits per heavy atom. The number of sulfonamides is 1. The van der Waals surface area contributed by atoms with Gasteiger partial charge in [0.1, 0.15) is 23.1 Å². The van der Waals surface area contributed by atoms with Crippen molar-refractivity contribution >= 4 is 10.0 Å². The Hall–Kier alpha value is -2.19. The van der Waals surface area contributed by atoms with Crippen LogP contribution in [0.3, 0.4) is 0 Å². The largest absolute Gasteiger partial charge is 0.497 e. The van der Waals surface area contributed by atoms with Crippen molar-refractivity contribution in [3.8, 4) is 11.5 Å². The van der Waals surface area contributed by atoms with Crippen molar-refractivity contribution in [1.82, 2.24) is 4.72 Å². The Kier molecular flexibility index (Phi) is 5.17. The van der Waals surface area contributed by atoms with Crippen molar-refractivity contribution in [2.75, 3.05) is 14.2 Å². The Morgan fingerprint density at radius 3 is 2.26 bits per heavy atom. The third-order valence-corrected chi connectivity index (χ3v) is 4.58. The molecule has 0 radical (unpaired) electrons. The summed E-state index contributed by atoms with van der Waals surface area (Å²) in [4.78, 5) is -1.01. The zero-order valence-corrected chi connectivity index (χ0v) is 13.3. The fourth-order valence-electron chi connectivity index (χ4n) is 2.00. The van der Waals surface area contributed by atoms with Crippen LogP contribution in [0.4, 0.5) is 8.78 Å². The molecule has 0 aliphatic rings. The lowest BCUT2D eigenvalue weighted by atomic mass is 10.2. The highest BCUT2D eigenvalue weighted by Gasteiger charge is 2.23. The van der Waals surface area contributed by atoms with Crippen LogP contribution in [0.1, 0.15) is 5.56 Å². The monoisotopic (exact) mass is 343 g/mol. The summed E-state index contributed by atoms with van der Waals surface area (Å²) in [5, 5.41) is 0. The molecule has 0 bridgehead atoms.